The number of nitrogen functional groups attached to an aromatic ring is 1. The zero-order chi connectivity index (χ0) is 14.5. The van der Waals surface area contributed by atoms with Crippen molar-refractivity contribution in [2.45, 2.75) is 13.8 Å². The molecule has 2 rings (SSSR count). The highest BCUT2D eigenvalue weighted by Crippen LogP contribution is 2.30. The zero-order valence-corrected chi connectivity index (χ0v) is 13.5. The van der Waals surface area contributed by atoms with Crippen molar-refractivity contribution < 1.29 is 4.74 Å². The molecule has 1 aromatic carbocycles. The van der Waals surface area contributed by atoms with Crippen molar-refractivity contribution in [1.82, 2.24) is 9.88 Å². The molecule has 4 nitrogen and oxygen atoms in total. The number of ether oxygens (including phenoxy) is 1. The van der Waals surface area contributed by atoms with Gasteiger partial charge >= 0.3 is 0 Å². The second kappa shape index (κ2) is 6.90. The van der Waals surface area contributed by atoms with Crippen molar-refractivity contribution in [3.8, 4) is 5.75 Å². The van der Waals surface area contributed by atoms with Crippen LogP contribution < -0.4 is 10.5 Å². The molecule has 0 fully saturated rings. The number of nitrogens with zero attached hydrogens (tertiary/aromatic N) is 2. The van der Waals surface area contributed by atoms with E-state index < -0.39 is 0 Å². The third-order valence-electron chi connectivity index (χ3n) is 3.37. The average Bonchev–Trinajstić information content (AvgIpc) is 2.46. The molecular formula is C15H20BrN3O. The number of rotatable bonds is 6. The molecule has 0 bridgehead atoms. The molecule has 2 aromatic rings. The molecule has 0 amide bonds. The van der Waals surface area contributed by atoms with Crippen LogP contribution >= 0.6 is 15.9 Å². The molecule has 1 heterocycles. The lowest BCUT2D eigenvalue weighted by Crippen LogP contribution is -2.27. The van der Waals surface area contributed by atoms with Crippen LogP contribution in [-0.2, 0) is 0 Å². The molecule has 2 N–H and O–H groups in total. The van der Waals surface area contributed by atoms with Crippen molar-refractivity contribution in [1.29, 1.82) is 0 Å². The van der Waals surface area contributed by atoms with Crippen molar-refractivity contribution in [3.63, 3.8) is 0 Å². The third-order valence-corrected chi connectivity index (χ3v) is 3.81. The normalized spacial score (nSPS) is 11.2. The first-order valence-corrected chi connectivity index (χ1v) is 7.63. The summed E-state index contributed by atoms with van der Waals surface area (Å²) in [6.45, 7) is 7.94. The van der Waals surface area contributed by atoms with E-state index in [0.29, 0.717) is 12.3 Å². The van der Waals surface area contributed by atoms with Crippen LogP contribution in [0.15, 0.2) is 28.9 Å². The number of aromatic nitrogens is 1. The first-order valence-electron chi connectivity index (χ1n) is 6.84. The summed E-state index contributed by atoms with van der Waals surface area (Å²) in [4.78, 5) is 6.74. The van der Waals surface area contributed by atoms with Gasteiger partial charge in [0.25, 0.3) is 0 Å². The maximum atomic E-state index is 5.99. The minimum atomic E-state index is 0.651. The standard InChI is InChI=1S/C15H20BrN3O/c1-3-19(4-2)7-8-20-14-6-5-13(17)12-9-11(16)10-18-15(12)14/h5-6,9-10H,3-4,7-8,17H2,1-2H3. The van der Waals surface area contributed by atoms with Gasteiger partial charge in [-0.25, -0.2) is 0 Å². The summed E-state index contributed by atoms with van der Waals surface area (Å²) in [5.74, 6) is 0.786. The quantitative estimate of drug-likeness (QED) is 0.821. The highest BCUT2D eigenvalue weighted by atomic mass is 79.9. The summed E-state index contributed by atoms with van der Waals surface area (Å²) in [6, 6.07) is 5.72. The predicted octanol–water partition coefficient (Wildman–Crippen LogP) is 3.30. The molecule has 5 heteroatoms. The van der Waals surface area contributed by atoms with Gasteiger partial charge in [-0.3, -0.25) is 4.98 Å². The Morgan fingerprint density at radius 1 is 1.30 bits per heavy atom. The molecule has 1 aromatic heterocycles. The lowest BCUT2D eigenvalue weighted by Gasteiger charge is -2.18. The van der Waals surface area contributed by atoms with E-state index in [1.807, 2.05) is 18.2 Å². The molecule has 20 heavy (non-hydrogen) atoms. The lowest BCUT2D eigenvalue weighted by molar-refractivity contribution is 0.224. The van der Waals surface area contributed by atoms with Crippen LogP contribution in [-0.4, -0.2) is 36.1 Å². The summed E-state index contributed by atoms with van der Waals surface area (Å²) in [7, 11) is 0. The number of halogens is 1. The topological polar surface area (TPSA) is 51.4 Å². The highest BCUT2D eigenvalue weighted by molar-refractivity contribution is 9.10. The van der Waals surface area contributed by atoms with Gasteiger partial charge in [-0.1, -0.05) is 13.8 Å². The molecule has 0 spiro atoms. The Hall–Kier alpha value is -1.33. The number of fused-ring (bicyclic) bond motifs is 1. The highest BCUT2D eigenvalue weighted by Gasteiger charge is 2.08. The molecule has 108 valence electrons. The number of hydrogen-bond acceptors (Lipinski definition) is 4. The van der Waals surface area contributed by atoms with E-state index >= 15 is 0 Å². The van der Waals surface area contributed by atoms with Gasteiger partial charge in [0, 0.05) is 28.3 Å². The van der Waals surface area contributed by atoms with Crippen molar-refractivity contribution in [2.75, 3.05) is 32.0 Å². The Balaban J connectivity index is 2.16. The van der Waals surface area contributed by atoms with Gasteiger partial charge in [0.15, 0.2) is 0 Å². The minimum absolute atomic E-state index is 0.651. The molecule has 0 aliphatic heterocycles. The lowest BCUT2D eigenvalue weighted by atomic mass is 10.1. The Bertz CT molecular complexity index is 585. The van der Waals surface area contributed by atoms with Gasteiger partial charge in [0.2, 0.25) is 0 Å². The number of pyridine rings is 1. The Morgan fingerprint density at radius 2 is 2.05 bits per heavy atom. The van der Waals surface area contributed by atoms with Crippen LogP contribution in [0.2, 0.25) is 0 Å². The van der Waals surface area contributed by atoms with Crippen LogP contribution in [0.25, 0.3) is 10.9 Å². The summed E-state index contributed by atoms with van der Waals surface area (Å²) in [5.41, 5.74) is 7.51. The Morgan fingerprint density at radius 3 is 2.75 bits per heavy atom. The van der Waals surface area contributed by atoms with Crippen LogP contribution in [0.1, 0.15) is 13.8 Å². The molecular weight excluding hydrogens is 318 g/mol. The number of benzene rings is 1. The fraction of sp³-hybridized carbons (Fsp3) is 0.400. The van der Waals surface area contributed by atoms with E-state index in [1.165, 1.54) is 0 Å². The fourth-order valence-corrected chi connectivity index (χ4v) is 2.46. The van der Waals surface area contributed by atoms with Crippen LogP contribution in [0, 0.1) is 0 Å². The van der Waals surface area contributed by atoms with E-state index in [2.05, 4.69) is 39.7 Å². The SMILES string of the molecule is CCN(CC)CCOc1ccc(N)c2cc(Br)cnc12. The number of nitrogens with two attached hydrogens (primary N) is 1. The largest absolute Gasteiger partial charge is 0.490 e. The second-order valence-corrected chi connectivity index (χ2v) is 5.49. The Kier molecular flexibility index (Phi) is 5.20. The van der Waals surface area contributed by atoms with Crippen molar-refractivity contribution >= 4 is 32.5 Å². The Labute approximate surface area is 128 Å². The van der Waals surface area contributed by atoms with E-state index in [-0.39, 0.29) is 0 Å². The molecule has 0 unspecified atom stereocenters. The van der Waals surface area contributed by atoms with Gasteiger partial charge in [-0.05, 0) is 47.2 Å². The predicted molar refractivity (Wildman–Crippen MR) is 87.1 cm³/mol. The second-order valence-electron chi connectivity index (χ2n) is 4.58. The van der Waals surface area contributed by atoms with E-state index in [0.717, 1.165) is 40.8 Å². The molecule has 0 aliphatic rings. The van der Waals surface area contributed by atoms with E-state index in [9.17, 15) is 0 Å². The van der Waals surface area contributed by atoms with E-state index in [4.69, 9.17) is 10.5 Å². The van der Waals surface area contributed by atoms with Gasteiger partial charge < -0.3 is 15.4 Å². The number of likely N-dealkylation sites (N-methyl/N-ethyl adjacent to an activating group) is 1. The summed E-state index contributed by atoms with van der Waals surface area (Å²) < 4.78 is 6.79. The average molecular weight is 338 g/mol. The fourth-order valence-electron chi connectivity index (χ4n) is 2.13. The van der Waals surface area contributed by atoms with Crippen molar-refractivity contribution in [2.24, 2.45) is 0 Å². The maximum absolute atomic E-state index is 5.99. The summed E-state index contributed by atoms with van der Waals surface area (Å²) in [5, 5.41) is 0.916. The first-order chi connectivity index (χ1) is 9.65. The monoisotopic (exact) mass is 337 g/mol. The van der Waals surface area contributed by atoms with Crippen LogP contribution in [0.4, 0.5) is 5.69 Å². The summed E-state index contributed by atoms with van der Waals surface area (Å²) >= 11 is 3.42. The molecule has 0 radical (unpaired) electrons. The van der Waals surface area contributed by atoms with Gasteiger partial charge in [-0.2, -0.15) is 0 Å². The number of anilines is 1. The molecule has 0 saturated heterocycles. The van der Waals surface area contributed by atoms with Crippen LogP contribution in [0.5, 0.6) is 5.75 Å². The van der Waals surface area contributed by atoms with Gasteiger partial charge in [0.1, 0.15) is 17.9 Å². The molecule has 0 atom stereocenters. The van der Waals surface area contributed by atoms with Gasteiger partial charge in [-0.15, -0.1) is 0 Å². The third kappa shape index (κ3) is 3.41. The smallest absolute Gasteiger partial charge is 0.145 e. The summed E-state index contributed by atoms with van der Waals surface area (Å²) in [6.07, 6.45) is 1.76. The number of hydrogen-bond donors (Lipinski definition) is 1. The minimum Gasteiger partial charge on any atom is -0.490 e. The molecule has 0 aliphatic carbocycles. The van der Waals surface area contributed by atoms with Crippen molar-refractivity contribution in [3.05, 3.63) is 28.9 Å². The van der Waals surface area contributed by atoms with Gasteiger partial charge in [0.05, 0.1) is 0 Å². The van der Waals surface area contributed by atoms with E-state index in [1.54, 1.807) is 6.20 Å². The van der Waals surface area contributed by atoms with Crippen LogP contribution in [0.3, 0.4) is 0 Å². The zero-order valence-electron chi connectivity index (χ0n) is 11.9. The molecule has 0 saturated carbocycles. The first kappa shape index (κ1) is 15.1. The maximum Gasteiger partial charge on any atom is 0.145 e.